The van der Waals surface area contributed by atoms with Crippen LogP contribution in [0.1, 0.15) is 48.7 Å². The molecule has 1 aromatic carbocycles. The second-order valence-electron chi connectivity index (χ2n) is 6.13. The first-order valence-electron chi connectivity index (χ1n) is 7.75. The molecule has 0 atom stereocenters. The minimum atomic E-state index is -0.454. The molecule has 1 aliphatic heterocycles. The predicted molar refractivity (Wildman–Crippen MR) is 90.3 cm³/mol. The van der Waals surface area contributed by atoms with Gasteiger partial charge in [0.15, 0.2) is 5.78 Å². The van der Waals surface area contributed by atoms with Crippen LogP contribution in [-0.2, 0) is 22.6 Å². The maximum Gasteiger partial charge on any atom is 0.339 e. The standard InChI is InChI=1S/C19H22O5/c1-11(2)7-13(20)8-12(3)5-6-14-17(23-4)9-15-16(18(14)21)10-24-19(15)22/h5,7,9,21H,6,8,10H2,1-4H3. The number of phenolic OH excluding ortho intramolecular Hbond substituents is 1. The SMILES string of the molecule is COc1cc2c(c(O)c1CC=C(C)CC(=O)C=C(C)C)COC2=O. The van der Waals surface area contributed by atoms with Crippen molar-refractivity contribution in [2.24, 2.45) is 0 Å². The van der Waals surface area contributed by atoms with Gasteiger partial charge in [-0.3, -0.25) is 4.79 Å². The average Bonchev–Trinajstić information content (AvgIpc) is 2.86. The van der Waals surface area contributed by atoms with Gasteiger partial charge >= 0.3 is 5.97 Å². The molecule has 0 radical (unpaired) electrons. The summed E-state index contributed by atoms with van der Waals surface area (Å²) in [6.07, 6.45) is 4.25. The van der Waals surface area contributed by atoms with Crippen molar-refractivity contribution in [3.63, 3.8) is 0 Å². The number of esters is 1. The van der Waals surface area contributed by atoms with Crippen molar-refractivity contribution in [3.05, 3.63) is 46.1 Å². The maximum absolute atomic E-state index is 11.8. The number of hydrogen-bond donors (Lipinski definition) is 1. The number of ketones is 1. The van der Waals surface area contributed by atoms with Gasteiger partial charge in [0, 0.05) is 17.5 Å². The second-order valence-corrected chi connectivity index (χ2v) is 6.13. The Bertz CT molecular complexity index is 737. The summed E-state index contributed by atoms with van der Waals surface area (Å²) in [4.78, 5) is 23.4. The number of benzene rings is 1. The highest BCUT2D eigenvalue weighted by Crippen LogP contribution is 2.38. The van der Waals surface area contributed by atoms with Crippen molar-refractivity contribution in [2.45, 2.75) is 40.2 Å². The predicted octanol–water partition coefficient (Wildman–Crippen LogP) is 3.49. The fourth-order valence-electron chi connectivity index (χ4n) is 2.65. The molecule has 0 saturated heterocycles. The highest BCUT2D eigenvalue weighted by molar-refractivity contribution is 5.95. The number of ether oxygens (including phenoxy) is 2. The molecule has 0 aromatic heterocycles. The van der Waals surface area contributed by atoms with Crippen molar-refractivity contribution >= 4 is 11.8 Å². The topological polar surface area (TPSA) is 72.8 Å². The summed E-state index contributed by atoms with van der Waals surface area (Å²) in [5, 5.41) is 10.4. The molecule has 0 fully saturated rings. The van der Waals surface area contributed by atoms with E-state index in [1.165, 1.54) is 7.11 Å². The summed E-state index contributed by atoms with van der Waals surface area (Å²) in [6, 6.07) is 1.59. The zero-order valence-corrected chi connectivity index (χ0v) is 14.4. The Morgan fingerprint density at radius 1 is 1.38 bits per heavy atom. The zero-order valence-electron chi connectivity index (χ0n) is 14.4. The first-order chi connectivity index (χ1) is 11.3. The lowest BCUT2D eigenvalue weighted by atomic mass is 9.99. The van der Waals surface area contributed by atoms with Crippen LogP contribution >= 0.6 is 0 Å². The largest absolute Gasteiger partial charge is 0.507 e. The van der Waals surface area contributed by atoms with Gasteiger partial charge < -0.3 is 14.6 Å². The Labute approximate surface area is 141 Å². The molecule has 0 unspecified atom stereocenters. The number of carbonyl (C=O) groups excluding carboxylic acids is 2. The number of allylic oxidation sites excluding steroid dienone is 4. The number of fused-ring (bicyclic) bond motifs is 1. The zero-order chi connectivity index (χ0) is 17.9. The van der Waals surface area contributed by atoms with Gasteiger partial charge in [-0.15, -0.1) is 0 Å². The van der Waals surface area contributed by atoms with Crippen LogP contribution in [0.4, 0.5) is 0 Å². The van der Waals surface area contributed by atoms with E-state index < -0.39 is 5.97 Å². The Morgan fingerprint density at radius 3 is 2.71 bits per heavy atom. The Hall–Kier alpha value is -2.56. The maximum atomic E-state index is 11.8. The third-order valence-corrected chi connectivity index (χ3v) is 3.81. The fraction of sp³-hybridized carbons (Fsp3) is 0.368. The van der Waals surface area contributed by atoms with E-state index >= 15 is 0 Å². The van der Waals surface area contributed by atoms with Crippen LogP contribution in [0.3, 0.4) is 0 Å². The van der Waals surface area contributed by atoms with Crippen LogP contribution in [0.2, 0.25) is 0 Å². The first-order valence-corrected chi connectivity index (χ1v) is 7.75. The van der Waals surface area contributed by atoms with E-state index in [4.69, 9.17) is 9.47 Å². The molecular weight excluding hydrogens is 308 g/mol. The Morgan fingerprint density at radius 2 is 2.08 bits per heavy atom. The van der Waals surface area contributed by atoms with Crippen molar-refractivity contribution in [1.82, 2.24) is 0 Å². The van der Waals surface area contributed by atoms with E-state index in [1.807, 2.05) is 26.8 Å². The second kappa shape index (κ2) is 7.34. The molecule has 0 aliphatic carbocycles. The molecule has 24 heavy (non-hydrogen) atoms. The summed E-state index contributed by atoms with van der Waals surface area (Å²) in [6.45, 7) is 5.71. The molecule has 1 aromatic rings. The van der Waals surface area contributed by atoms with Crippen molar-refractivity contribution < 1.29 is 24.2 Å². The summed E-state index contributed by atoms with van der Waals surface area (Å²) in [5.41, 5.74) is 3.29. The van der Waals surface area contributed by atoms with Crippen LogP contribution in [0.25, 0.3) is 0 Å². The van der Waals surface area contributed by atoms with E-state index in [1.54, 1.807) is 12.1 Å². The molecule has 5 nitrogen and oxygen atoms in total. The molecular formula is C19H22O5. The monoisotopic (exact) mass is 330 g/mol. The van der Waals surface area contributed by atoms with Gasteiger partial charge in [0.1, 0.15) is 18.1 Å². The van der Waals surface area contributed by atoms with Crippen LogP contribution in [0.5, 0.6) is 11.5 Å². The van der Waals surface area contributed by atoms with Gasteiger partial charge in [-0.05, 0) is 39.3 Å². The Kier molecular flexibility index (Phi) is 5.44. The quantitative estimate of drug-likeness (QED) is 0.491. The molecule has 5 heteroatoms. The number of aromatic hydroxyl groups is 1. The van der Waals surface area contributed by atoms with E-state index in [0.717, 1.165) is 11.1 Å². The minimum Gasteiger partial charge on any atom is -0.507 e. The molecule has 0 spiro atoms. The van der Waals surface area contributed by atoms with E-state index in [-0.39, 0.29) is 18.1 Å². The van der Waals surface area contributed by atoms with Gasteiger partial charge in [-0.1, -0.05) is 17.2 Å². The van der Waals surface area contributed by atoms with Gasteiger partial charge in [-0.2, -0.15) is 0 Å². The van der Waals surface area contributed by atoms with E-state index in [9.17, 15) is 14.7 Å². The molecule has 1 aliphatic rings. The van der Waals surface area contributed by atoms with Gasteiger partial charge in [-0.25, -0.2) is 4.79 Å². The summed E-state index contributed by atoms with van der Waals surface area (Å²) in [7, 11) is 1.49. The fourth-order valence-corrected chi connectivity index (χ4v) is 2.65. The number of methoxy groups -OCH3 is 1. The van der Waals surface area contributed by atoms with Crippen molar-refractivity contribution in [1.29, 1.82) is 0 Å². The number of phenols is 1. The molecule has 0 amide bonds. The molecule has 2 rings (SSSR count). The van der Waals surface area contributed by atoms with E-state index in [2.05, 4.69) is 0 Å². The molecule has 0 bridgehead atoms. The van der Waals surface area contributed by atoms with Crippen LogP contribution in [-0.4, -0.2) is 24.0 Å². The lowest BCUT2D eigenvalue weighted by molar-refractivity contribution is -0.114. The van der Waals surface area contributed by atoms with Crippen LogP contribution < -0.4 is 4.74 Å². The molecule has 1 heterocycles. The van der Waals surface area contributed by atoms with E-state index in [0.29, 0.717) is 35.3 Å². The van der Waals surface area contributed by atoms with Crippen LogP contribution in [0.15, 0.2) is 29.4 Å². The lowest BCUT2D eigenvalue weighted by Gasteiger charge is -2.12. The molecule has 1 N–H and O–H groups in total. The van der Waals surface area contributed by atoms with Crippen molar-refractivity contribution in [3.8, 4) is 11.5 Å². The smallest absolute Gasteiger partial charge is 0.339 e. The normalized spacial score (nSPS) is 13.3. The molecule has 0 saturated carbocycles. The first kappa shape index (κ1) is 17.8. The van der Waals surface area contributed by atoms with Gasteiger partial charge in [0.2, 0.25) is 0 Å². The molecule has 128 valence electrons. The summed E-state index contributed by atoms with van der Waals surface area (Å²) in [5.74, 6) is 0.0525. The highest BCUT2D eigenvalue weighted by Gasteiger charge is 2.28. The van der Waals surface area contributed by atoms with Gasteiger partial charge in [0.25, 0.3) is 0 Å². The Balaban J connectivity index is 2.24. The number of rotatable bonds is 6. The van der Waals surface area contributed by atoms with Crippen molar-refractivity contribution in [2.75, 3.05) is 7.11 Å². The number of cyclic esters (lactones) is 1. The average molecular weight is 330 g/mol. The lowest BCUT2D eigenvalue weighted by Crippen LogP contribution is -2.00. The third-order valence-electron chi connectivity index (χ3n) is 3.81. The van der Waals surface area contributed by atoms with Gasteiger partial charge in [0.05, 0.1) is 12.7 Å². The summed E-state index contributed by atoms with van der Waals surface area (Å²) < 4.78 is 10.2. The van der Waals surface area contributed by atoms with Crippen LogP contribution in [0, 0.1) is 0 Å². The minimum absolute atomic E-state index is 0.0230. The number of carbonyl (C=O) groups is 2. The highest BCUT2D eigenvalue weighted by atomic mass is 16.5. The number of hydrogen-bond acceptors (Lipinski definition) is 5. The third kappa shape index (κ3) is 3.85. The summed E-state index contributed by atoms with van der Waals surface area (Å²) >= 11 is 0.